The normalized spacial score (nSPS) is 48.9. The van der Waals surface area contributed by atoms with Gasteiger partial charge in [0.25, 0.3) is 0 Å². The molecule has 0 aromatic heterocycles. The Kier molecular flexibility index (Phi) is 2.90. The molecule has 3 nitrogen and oxygen atoms in total. The minimum absolute atomic E-state index is 0.00488. The van der Waals surface area contributed by atoms with Crippen LogP contribution in [0.25, 0.3) is 0 Å². The molecule has 3 heteroatoms. The maximum atomic E-state index is 10.0. The number of hydrogen-bond donors (Lipinski definition) is 3. The minimum Gasteiger partial charge on any atom is -0.362 e. The van der Waals surface area contributed by atoms with Crippen molar-refractivity contribution in [2.75, 3.05) is 0 Å². The molecule has 0 aliphatic heterocycles. The van der Waals surface area contributed by atoms with Crippen LogP contribution in [0, 0.1) is 22.7 Å². The molecular formula is C19H27NO2. The summed E-state index contributed by atoms with van der Waals surface area (Å²) < 4.78 is 0. The summed E-state index contributed by atoms with van der Waals surface area (Å²) in [5.41, 5.74) is 9.80. The van der Waals surface area contributed by atoms with E-state index in [0.717, 1.165) is 19.3 Å². The third kappa shape index (κ3) is 1.85. The van der Waals surface area contributed by atoms with Crippen molar-refractivity contribution in [2.24, 2.45) is 28.4 Å². The van der Waals surface area contributed by atoms with Gasteiger partial charge in [0.15, 0.2) is 5.79 Å². The highest BCUT2D eigenvalue weighted by Gasteiger charge is 2.54. The van der Waals surface area contributed by atoms with Gasteiger partial charge in [0.1, 0.15) is 0 Å². The second kappa shape index (κ2) is 4.34. The van der Waals surface area contributed by atoms with Crippen LogP contribution in [-0.2, 0) is 0 Å². The van der Waals surface area contributed by atoms with E-state index in [2.05, 4.69) is 32.1 Å². The molecule has 0 radical (unpaired) electrons. The molecule has 4 N–H and O–H groups in total. The third-order valence-corrected chi connectivity index (χ3v) is 7.00. The van der Waals surface area contributed by atoms with Crippen LogP contribution in [0.5, 0.6) is 0 Å². The van der Waals surface area contributed by atoms with Gasteiger partial charge in [-0.15, -0.1) is 0 Å². The standard InChI is InChI=1S/C19H27NO2/c1-17-6-3-4-13(17)16-14(5-7-17)18(2)8-9-19(21,22)11-12(18)10-15(16)20/h3-4,8-9,12,14-15,21-22H,5-7,10-11,20H2,1-2H3/t12-,14+,15+,17+,18+/m1/s1. The van der Waals surface area contributed by atoms with Crippen molar-refractivity contribution in [3.8, 4) is 0 Å². The minimum atomic E-state index is -1.66. The molecule has 5 atom stereocenters. The summed E-state index contributed by atoms with van der Waals surface area (Å²) in [6, 6.07) is 0.0581. The summed E-state index contributed by atoms with van der Waals surface area (Å²) >= 11 is 0. The smallest absolute Gasteiger partial charge is 0.182 e. The lowest BCUT2D eigenvalue weighted by molar-refractivity contribution is -0.153. The van der Waals surface area contributed by atoms with E-state index in [-0.39, 0.29) is 22.8 Å². The van der Waals surface area contributed by atoms with E-state index < -0.39 is 5.79 Å². The first-order chi connectivity index (χ1) is 10.3. The predicted molar refractivity (Wildman–Crippen MR) is 86.7 cm³/mol. The van der Waals surface area contributed by atoms with Crippen molar-refractivity contribution in [3.05, 3.63) is 35.5 Å². The third-order valence-electron chi connectivity index (χ3n) is 7.00. The highest BCUT2D eigenvalue weighted by atomic mass is 16.5. The Bertz CT molecular complexity index is 603. The molecule has 4 aliphatic carbocycles. The molecule has 0 aromatic carbocycles. The van der Waals surface area contributed by atoms with Gasteiger partial charge in [0.05, 0.1) is 0 Å². The Labute approximate surface area is 132 Å². The number of allylic oxidation sites excluding steroid dienone is 4. The molecule has 0 bridgehead atoms. The highest BCUT2D eigenvalue weighted by molar-refractivity contribution is 5.45. The van der Waals surface area contributed by atoms with Gasteiger partial charge < -0.3 is 15.9 Å². The summed E-state index contributed by atoms with van der Waals surface area (Å²) in [7, 11) is 0. The molecule has 1 saturated carbocycles. The van der Waals surface area contributed by atoms with Crippen LogP contribution in [0.2, 0.25) is 0 Å². The molecule has 0 spiro atoms. The van der Waals surface area contributed by atoms with E-state index in [1.165, 1.54) is 17.6 Å². The van der Waals surface area contributed by atoms with Gasteiger partial charge in [0, 0.05) is 12.5 Å². The molecule has 4 aliphatic rings. The zero-order chi connectivity index (χ0) is 15.8. The summed E-state index contributed by atoms with van der Waals surface area (Å²) in [5, 5.41) is 20.0. The van der Waals surface area contributed by atoms with Gasteiger partial charge in [0.2, 0.25) is 0 Å². The molecule has 0 aromatic rings. The summed E-state index contributed by atoms with van der Waals surface area (Å²) in [5.74, 6) is -0.976. The second-order valence-electron chi connectivity index (χ2n) is 8.45. The van der Waals surface area contributed by atoms with Crippen molar-refractivity contribution in [2.45, 2.75) is 57.8 Å². The summed E-state index contributed by atoms with van der Waals surface area (Å²) in [4.78, 5) is 0. The lowest BCUT2D eigenvalue weighted by Crippen LogP contribution is -2.53. The fourth-order valence-electron chi connectivity index (χ4n) is 5.61. The monoisotopic (exact) mass is 301 g/mol. The Morgan fingerprint density at radius 3 is 2.77 bits per heavy atom. The zero-order valence-corrected chi connectivity index (χ0v) is 13.5. The van der Waals surface area contributed by atoms with E-state index in [1.807, 2.05) is 0 Å². The lowest BCUT2D eigenvalue weighted by Gasteiger charge is -2.56. The SMILES string of the molecule is C[C@@]12CC=CC1=C1[C@@H](N)C[C@@H]3CC(O)(O)C=C[C@]3(C)[C@H]1CC2. The average molecular weight is 301 g/mol. The highest BCUT2D eigenvalue weighted by Crippen LogP contribution is 2.61. The van der Waals surface area contributed by atoms with Crippen molar-refractivity contribution in [3.63, 3.8) is 0 Å². The van der Waals surface area contributed by atoms with E-state index >= 15 is 0 Å². The fraction of sp³-hybridized carbons (Fsp3) is 0.684. The van der Waals surface area contributed by atoms with Gasteiger partial charge in [-0.1, -0.05) is 32.1 Å². The van der Waals surface area contributed by atoms with Crippen LogP contribution < -0.4 is 5.73 Å². The summed E-state index contributed by atoms with van der Waals surface area (Å²) in [6.45, 7) is 4.66. The number of fused-ring (bicyclic) bond motifs is 4. The fourth-order valence-corrected chi connectivity index (χ4v) is 5.61. The molecule has 4 rings (SSSR count). The molecule has 1 fully saturated rings. The predicted octanol–water partition coefficient (Wildman–Crippen LogP) is 2.65. The van der Waals surface area contributed by atoms with Crippen LogP contribution in [-0.4, -0.2) is 22.0 Å². The molecule has 0 amide bonds. The van der Waals surface area contributed by atoms with E-state index in [0.29, 0.717) is 12.3 Å². The van der Waals surface area contributed by atoms with Crippen LogP contribution in [0.3, 0.4) is 0 Å². The van der Waals surface area contributed by atoms with Gasteiger partial charge in [-0.05, 0) is 65.6 Å². The second-order valence-corrected chi connectivity index (χ2v) is 8.45. The van der Waals surface area contributed by atoms with Crippen LogP contribution in [0.4, 0.5) is 0 Å². The molecular weight excluding hydrogens is 274 g/mol. The van der Waals surface area contributed by atoms with Crippen molar-refractivity contribution >= 4 is 0 Å². The molecule has 0 unspecified atom stereocenters. The number of rotatable bonds is 0. The largest absolute Gasteiger partial charge is 0.362 e. The Morgan fingerprint density at radius 2 is 2.00 bits per heavy atom. The van der Waals surface area contributed by atoms with E-state index in [9.17, 15) is 10.2 Å². The first kappa shape index (κ1) is 14.7. The number of hydrogen-bond acceptors (Lipinski definition) is 3. The van der Waals surface area contributed by atoms with Gasteiger partial charge in [-0.25, -0.2) is 0 Å². The van der Waals surface area contributed by atoms with E-state index in [1.54, 1.807) is 6.08 Å². The molecule has 0 saturated heterocycles. The topological polar surface area (TPSA) is 66.5 Å². The number of aliphatic hydroxyl groups is 2. The first-order valence-corrected chi connectivity index (χ1v) is 8.57. The van der Waals surface area contributed by atoms with Crippen LogP contribution in [0.15, 0.2) is 35.5 Å². The van der Waals surface area contributed by atoms with Gasteiger partial charge in [-0.3, -0.25) is 0 Å². The van der Waals surface area contributed by atoms with Crippen molar-refractivity contribution in [1.29, 1.82) is 0 Å². The molecule has 0 heterocycles. The average Bonchev–Trinajstić information content (AvgIpc) is 2.82. The summed E-state index contributed by atoms with van der Waals surface area (Å²) in [6.07, 6.45) is 13.0. The number of nitrogens with two attached hydrogens (primary N) is 1. The van der Waals surface area contributed by atoms with Gasteiger partial charge >= 0.3 is 0 Å². The Hall–Kier alpha value is -0.900. The Balaban J connectivity index is 1.83. The quantitative estimate of drug-likeness (QED) is 0.476. The Morgan fingerprint density at radius 1 is 1.23 bits per heavy atom. The van der Waals surface area contributed by atoms with Crippen LogP contribution in [0.1, 0.15) is 46.0 Å². The van der Waals surface area contributed by atoms with Crippen molar-refractivity contribution < 1.29 is 10.2 Å². The van der Waals surface area contributed by atoms with Crippen molar-refractivity contribution in [1.82, 2.24) is 0 Å². The maximum absolute atomic E-state index is 10.0. The maximum Gasteiger partial charge on any atom is 0.182 e. The van der Waals surface area contributed by atoms with Crippen LogP contribution >= 0.6 is 0 Å². The molecule has 120 valence electrons. The lowest BCUT2D eigenvalue weighted by atomic mass is 9.50. The van der Waals surface area contributed by atoms with Gasteiger partial charge in [-0.2, -0.15) is 0 Å². The first-order valence-electron chi connectivity index (χ1n) is 8.57. The van der Waals surface area contributed by atoms with E-state index in [4.69, 9.17) is 5.73 Å². The zero-order valence-electron chi connectivity index (χ0n) is 13.5. The molecule has 22 heavy (non-hydrogen) atoms.